The number of fused-ring (bicyclic) bond motifs is 1. The Labute approximate surface area is 117 Å². The standard InChI is InChI=1S/C16H16FNO2/c1-11-8-13(3-4-14(11)17)18-10-12-2-5-15-16(9-12)20-7-6-19-15/h2-5,8-9,18H,6-7,10H2,1H3. The van der Waals surface area contributed by atoms with Crippen molar-refractivity contribution < 1.29 is 13.9 Å². The summed E-state index contributed by atoms with van der Waals surface area (Å²) in [4.78, 5) is 0. The van der Waals surface area contributed by atoms with Gasteiger partial charge in [0.05, 0.1) is 0 Å². The van der Waals surface area contributed by atoms with Gasteiger partial charge in [0.2, 0.25) is 0 Å². The van der Waals surface area contributed by atoms with Crippen molar-refractivity contribution >= 4 is 5.69 Å². The molecule has 0 saturated heterocycles. The predicted molar refractivity (Wildman–Crippen MR) is 75.9 cm³/mol. The molecule has 2 aromatic carbocycles. The molecule has 3 rings (SSSR count). The lowest BCUT2D eigenvalue weighted by atomic mass is 10.1. The number of nitrogens with one attached hydrogen (secondary N) is 1. The molecule has 1 aliphatic rings. The van der Waals surface area contributed by atoms with Crippen molar-refractivity contribution in [2.45, 2.75) is 13.5 Å². The van der Waals surface area contributed by atoms with Crippen LogP contribution in [0, 0.1) is 12.7 Å². The van der Waals surface area contributed by atoms with Crippen LogP contribution in [0.1, 0.15) is 11.1 Å². The zero-order valence-electron chi connectivity index (χ0n) is 11.3. The Morgan fingerprint density at radius 3 is 2.65 bits per heavy atom. The van der Waals surface area contributed by atoms with Gasteiger partial charge in [-0.3, -0.25) is 0 Å². The van der Waals surface area contributed by atoms with E-state index in [0.29, 0.717) is 25.3 Å². The Hall–Kier alpha value is -2.23. The highest BCUT2D eigenvalue weighted by atomic mass is 19.1. The number of hydrogen-bond acceptors (Lipinski definition) is 3. The molecule has 4 heteroatoms. The van der Waals surface area contributed by atoms with E-state index < -0.39 is 0 Å². The molecule has 0 amide bonds. The fraction of sp³-hybridized carbons (Fsp3) is 0.250. The Kier molecular flexibility index (Phi) is 3.46. The fourth-order valence-electron chi connectivity index (χ4n) is 2.16. The van der Waals surface area contributed by atoms with Gasteiger partial charge in [-0.05, 0) is 48.4 Å². The molecule has 1 heterocycles. The van der Waals surface area contributed by atoms with Crippen molar-refractivity contribution in [2.24, 2.45) is 0 Å². The summed E-state index contributed by atoms with van der Waals surface area (Å²) >= 11 is 0. The van der Waals surface area contributed by atoms with Crippen LogP contribution < -0.4 is 14.8 Å². The lowest BCUT2D eigenvalue weighted by molar-refractivity contribution is 0.171. The number of hydrogen-bond donors (Lipinski definition) is 1. The summed E-state index contributed by atoms with van der Waals surface area (Å²) in [6.45, 7) is 3.59. The first kappa shape index (κ1) is 12.8. The highest BCUT2D eigenvalue weighted by Gasteiger charge is 2.11. The zero-order chi connectivity index (χ0) is 13.9. The molecule has 0 aliphatic carbocycles. The second kappa shape index (κ2) is 5.41. The zero-order valence-corrected chi connectivity index (χ0v) is 11.3. The average Bonchev–Trinajstić information content (AvgIpc) is 2.48. The summed E-state index contributed by atoms with van der Waals surface area (Å²) in [7, 11) is 0. The molecule has 20 heavy (non-hydrogen) atoms. The Morgan fingerprint density at radius 1 is 1.05 bits per heavy atom. The number of aryl methyl sites for hydroxylation is 1. The number of ether oxygens (including phenoxy) is 2. The Balaban J connectivity index is 1.70. The summed E-state index contributed by atoms with van der Waals surface area (Å²) in [5.41, 5.74) is 2.63. The van der Waals surface area contributed by atoms with Crippen LogP contribution in [-0.2, 0) is 6.54 Å². The first-order valence-corrected chi connectivity index (χ1v) is 6.61. The topological polar surface area (TPSA) is 30.5 Å². The van der Waals surface area contributed by atoms with Crippen LogP contribution in [0.15, 0.2) is 36.4 Å². The summed E-state index contributed by atoms with van der Waals surface area (Å²) in [6.07, 6.45) is 0. The van der Waals surface area contributed by atoms with E-state index in [1.165, 1.54) is 6.07 Å². The SMILES string of the molecule is Cc1cc(NCc2ccc3c(c2)OCCO3)ccc1F. The van der Waals surface area contributed by atoms with Crippen LogP contribution in [0.2, 0.25) is 0 Å². The molecular weight excluding hydrogens is 257 g/mol. The molecule has 3 nitrogen and oxygen atoms in total. The third kappa shape index (κ3) is 2.69. The number of benzene rings is 2. The van der Waals surface area contributed by atoms with E-state index >= 15 is 0 Å². The van der Waals surface area contributed by atoms with Crippen molar-refractivity contribution in [3.63, 3.8) is 0 Å². The maximum absolute atomic E-state index is 13.2. The van der Waals surface area contributed by atoms with E-state index in [0.717, 1.165) is 22.7 Å². The molecular formula is C16H16FNO2. The molecule has 0 radical (unpaired) electrons. The lowest BCUT2D eigenvalue weighted by Crippen LogP contribution is -2.15. The summed E-state index contributed by atoms with van der Waals surface area (Å²) in [6, 6.07) is 10.9. The van der Waals surface area contributed by atoms with Gasteiger partial charge in [-0.25, -0.2) is 4.39 Å². The van der Waals surface area contributed by atoms with Gasteiger partial charge in [-0.1, -0.05) is 6.07 Å². The van der Waals surface area contributed by atoms with Crippen LogP contribution in [0.25, 0.3) is 0 Å². The van der Waals surface area contributed by atoms with E-state index in [1.807, 2.05) is 18.2 Å². The number of rotatable bonds is 3. The van der Waals surface area contributed by atoms with E-state index in [-0.39, 0.29) is 5.82 Å². The molecule has 0 fully saturated rings. The van der Waals surface area contributed by atoms with Crippen LogP contribution >= 0.6 is 0 Å². The highest BCUT2D eigenvalue weighted by molar-refractivity contribution is 5.48. The molecule has 2 aromatic rings. The smallest absolute Gasteiger partial charge is 0.161 e. The minimum absolute atomic E-state index is 0.185. The van der Waals surface area contributed by atoms with Crippen molar-refractivity contribution in [1.82, 2.24) is 0 Å². The molecule has 104 valence electrons. The fourth-order valence-corrected chi connectivity index (χ4v) is 2.16. The first-order valence-electron chi connectivity index (χ1n) is 6.61. The third-order valence-corrected chi connectivity index (χ3v) is 3.26. The maximum atomic E-state index is 13.2. The van der Waals surface area contributed by atoms with Gasteiger partial charge < -0.3 is 14.8 Å². The molecule has 0 bridgehead atoms. The van der Waals surface area contributed by atoms with E-state index in [2.05, 4.69) is 5.32 Å². The molecule has 0 unspecified atom stereocenters. The summed E-state index contributed by atoms with van der Waals surface area (Å²) in [5.74, 6) is 1.39. The van der Waals surface area contributed by atoms with Crippen LogP contribution in [-0.4, -0.2) is 13.2 Å². The van der Waals surface area contributed by atoms with Gasteiger partial charge in [0, 0.05) is 12.2 Å². The second-order valence-electron chi connectivity index (χ2n) is 4.80. The number of anilines is 1. The average molecular weight is 273 g/mol. The number of halogens is 1. The minimum atomic E-state index is -0.185. The Morgan fingerprint density at radius 2 is 1.85 bits per heavy atom. The molecule has 1 aliphatic heterocycles. The lowest BCUT2D eigenvalue weighted by Gasteiger charge is -2.19. The van der Waals surface area contributed by atoms with Gasteiger partial charge in [-0.15, -0.1) is 0 Å². The van der Waals surface area contributed by atoms with Crippen LogP contribution in [0.5, 0.6) is 11.5 Å². The quantitative estimate of drug-likeness (QED) is 0.928. The van der Waals surface area contributed by atoms with Gasteiger partial charge in [0.1, 0.15) is 19.0 Å². The second-order valence-corrected chi connectivity index (χ2v) is 4.80. The molecule has 0 spiro atoms. The third-order valence-electron chi connectivity index (χ3n) is 3.26. The van der Waals surface area contributed by atoms with Crippen LogP contribution in [0.3, 0.4) is 0 Å². The molecule has 1 N–H and O–H groups in total. The largest absolute Gasteiger partial charge is 0.486 e. The molecule has 0 saturated carbocycles. The van der Waals surface area contributed by atoms with Gasteiger partial charge in [0.25, 0.3) is 0 Å². The monoisotopic (exact) mass is 273 g/mol. The first-order chi connectivity index (χ1) is 9.72. The van der Waals surface area contributed by atoms with Gasteiger partial charge in [-0.2, -0.15) is 0 Å². The van der Waals surface area contributed by atoms with E-state index in [9.17, 15) is 4.39 Å². The summed E-state index contributed by atoms with van der Waals surface area (Å²) in [5, 5.41) is 3.27. The van der Waals surface area contributed by atoms with Crippen molar-refractivity contribution in [3.05, 3.63) is 53.3 Å². The van der Waals surface area contributed by atoms with Gasteiger partial charge >= 0.3 is 0 Å². The predicted octanol–water partition coefficient (Wildman–Crippen LogP) is 3.52. The van der Waals surface area contributed by atoms with E-state index in [1.54, 1.807) is 19.1 Å². The van der Waals surface area contributed by atoms with Crippen molar-refractivity contribution in [1.29, 1.82) is 0 Å². The van der Waals surface area contributed by atoms with Crippen molar-refractivity contribution in [3.8, 4) is 11.5 Å². The maximum Gasteiger partial charge on any atom is 0.161 e. The molecule has 0 atom stereocenters. The summed E-state index contributed by atoms with van der Waals surface area (Å²) < 4.78 is 24.2. The Bertz CT molecular complexity index is 628. The van der Waals surface area contributed by atoms with Gasteiger partial charge in [0.15, 0.2) is 11.5 Å². The van der Waals surface area contributed by atoms with Crippen LogP contribution in [0.4, 0.5) is 10.1 Å². The highest BCUT2D eigenvalue weighted by Crippen LogP contribution is 2.31. The molecule has 0 aromatic heterocycles. The van der Waals surface area contributed by atoms with E-state index in [4.69, 9.17) is 9.47 Å². The van der Waals surface area contributed by atoms with Crippen molar-refractivity contribution in [2.75, 3.05) is 18.5 Å². The normalized spacial score (nSPS) is 13.1. The minimum Gasteiger partial charge on any atom is -0.486 e.